The highest BCUT2D eigenvalue weighted by Crippen LogP contribution is 2.35. The van der Waals surface area contributed by atoms with Crippen molar-refractivity contribution in [1.82, 2.24) is 20.6 Å². The molecule has 3 aromatic rings. The largest absolute Gasteiger partial charge is 0.293 e. The fourth-order valence-corrected chi connectivity index (χ4v) is 4.38. The second-order valence-corrected chi connectivity index (χ2v) is 9.22. The van der Waals surface area contributed by atoms with Crippen LogP contribution in [0.1, 0.15) is 45.7 Å². The highest BCUT2D eigenvalue weighted by molar-refractivity contribution is 9.10. The Bertz CT molecular complexity index is 1250. The quantitative estimate of drug-likeness (QED) is 0.289. The molecule has 9 heteroatoms. The first kappa shape index (κ1) is 22.2. The molecule has 2 aromatic carbocycles. The van der Waals surface area contributed by atoms with Crippen LogP contribution in [-0.2, 0) is 4.79 Å². The van der Waals surface area contributed by atoms with Crippen LogP contribution >= 0.6 is 27.7 Å². The number of hydrogen-bond acceptors (Lipinski definition) is 6. The predicted molar refractivity (Wildman–Crippen MR) is 129 cm³/mol. The summed E-state index contributed by atoms with van der Waals surface area (Å²) in [6, 6.07) is 13.4. The van der Waals surface area contributed by atoms with Gasteiger partial charge in [-0.1, -0.05) is 69.7 Å². The summed E-state index contributed by atoms with van der Waals surface area (Å²) >= 11 is 4.60. The first-order valence-electron chi connectivity index (χ1n) is 9.87. The van der Waals surface area contributed by atoms with Crippen molar-refractivity contribution < 1.29 is 9.59 Å². The molecule has 2 N–H and O–H groups in total. The Hall–Kier alpha value is -3.04. The molecule has 0 aliphatic heterocycles. The number of hydrogen-bond donors (Lipinski definition) is 2. The van der Waals surface area contributed by atoms with E-state index in [0.717, 1.165) is 26.7 Å². The van der Waals surface area contributed by atoms with Gasteiger partial charge in [-0.25, -0.2) is 10.4 Å². The summed E-state index contributed by atoms with van der Waals surface area (Å²) in [7, 11) is 0. The second-order valence-electron chi connectivity index (χ2n) is 7.36. The summed E-state index contributed by atoms with van der Waals surface area (Å²) in [6.45, 7) is 3.88. The van der Waals surface area contributed by atoms with Crippen molar-refractivity contribution in [2.24, 2.45) is 5.10 Å². The van der Waals surface area contributed by atoms with Gasteiger partial charge in [0.2, 0.25) is 5.16 Å². The van der Waals surface area contributed by atoms with Crippen LogP contribution in [-0.4, -0.2) is 38.8 Å². The molecule has 0 spiro atoms. The van der Waals surface area contributed by atoms with E-state index in [0.29, 0.717) is 16.5 Å². The minimum Gasteiger partial charge on any atom is -0.293 e. The van der Waals surface area contributed by atoms with Gasteiger partial charge in [-0.15, -0.1) is 5.10 Å². The molecule has 1 unspecified atom stereocenters. The van der Waals surface area contributed by atoms with Gasteiger partial charge in [0.05, 0.1) is 12.0 Å². The minimum absolute atomic E-state index is 0.0303. The number of aromatic nitrogens is 3. The van der Waals surface area contributed by atoms with Crippen LogP contribution in [0.3, 0.4) is 0 Å². The van der Waals surface area contributed by atoms with Crippen molar-refractivity contribution >= 4 is 51.7 Å². The Morgan fingerprint density at radius 1 is 1.28 bits per heavy atom. The zero-order valence-corrected chi connectivity index (χ0v) is 19.8. The lowest BCUT2D eigenvalue weighted by Crippen LogP contribution is -2.20. The molecule has 1 aliphatic rings. The third-order valence-electron chi connectivity index (χ3n) is 5.05. The average molecular weight is 510 g/mol. The van der Waals surface area contributed by atoms with Crippen molar-refractivity contribution in [1.29, 1.82) is 0 Å². The Morgan fingerprint density at radius 3 is 2.91 bits per heavy atom. The molecule has 1 heterocycles. The zero-order valence-electron chi connectivity index (χ0n) is 17.4. The van der Waals surface area contributed by atoms with Crippen LogP contribution in [0, 0.1) is 6.92 Å². The molecule has 4 rings (SSSR count). The number of nitrogens with zero attached hydrogens (tertiary/aromatic N) is 3. The van der Waals surface area contributed by atoms with Crippen LogP contribution in [0.4, 0.5) is 0 Å². The molecule has 0 fully saturated rings. The lowest BCUT2D eigenvalue weighted by Gasteiger charge is -2.21. The Morgan fingerprint density at radius 2 is 2.09 bits per heavy atom. The third kappa shape index (κ3) is 4.89. The van der Waals surface area contributed by atoms with Crippen molar-refractivity contribution in [3.05, 3.63) is 80.6 Å². The minimum atomic E-state index is -0.522. The maximum atomic E-state index is 13.1. The molecule has 1 atom stereocenters. The number of hydrazone groups is 1. The number of amides is 1. The third-order valence-corrected chi connectivity index (χ3v) is 6.39. The number of Topliss-reactive ketones (excluding diaryl/α,β-unsaturated/α-hetero) is 1. The smallest absolute Gasteiger partial charge is 0.250 e. The van der Waals surface area contributed by atoms with E-state index in [2.05, 4.69) is 41.6 Å². The summed E-state index contributed by atoms with van der Waals surface area (Å²) in [4.78, 5) is 29.6. The van der Waals surface area contributed by atoms with E-state index >= 15 is 0 Å². The Labute approximate surface area is 197 Å². The summed E-state index contributed by atoms with van der Waals surface area (Å²) in [5.74, 6) is -0.251. The number of allylic oxidation sites excluding steroid dienone is 1. The van der Waals surface area contributed by atoms with E-state index < -0.39 is 5.92 Å². The van der Waals surface area contributed by atoms with Gasteiger partial charge in [0.15, 0.2) is 5.78 Å². The van der Waals surface area contributed by atoms with Crippen molar-refractivity contribution in [2.45, 2.75) is 24.9 Å². The molecule has 0 radical (unpaired) electrons. The molecule has 162 valence electrons. The number of ketones is 1. The van der Waals surface area contributed by atoms with Gasteiger partial charge < -0.3 is 0 Å². The van der Waals surface area contributed by atoms with E-state index in [1.54, 1.807) is 6.21 Å². The maximum Gasteiger partial charge on any atom is 0.250 e. The molecule has 32 heavy (non-hydrogen) atoms. The van der Waals surface area contributed by atoms with E-state index in [4.69, 9.17) is 0 Å². The molecule has 1 amide bonds. The fraction of sp³-hybridized carbons (Fsp3) is 0.174. The highest BCUT2D eigenvalue weighted by atomic mass is 79.9. The molecule has 1 aromatic heterocycles. The van der Waals surface area contributed by atoms with Crippen molar-refractivity contribution in [3.8, 4) is 0 Å². The molecule has 0 bridgehead atoms. The van der Waals surface area contributed by atoms with Gasteiger partial charge in [0.25, 0.3) is 5.91 Å². The predicted octanol–water partition coefficient (Wildman–Crippen LogP) is 4.50. The van der Waals surface area contributed by atoms with Crippen LogP contribution in [0.15, 0.2) is 62.8 Å². The maximum absolute atomic E-state index is 13.1. The number of halogens is 1. The molecule has 0 saturated carbocycles. The summed E-state index contributed by atoms with van der Waals surface area (Å²) in [5.41, 5.74) is 6.94. The summed E-state index contributed by atoms with van der Waals surface area (Å²) in [5, 5.41) is 11.4. The lowest BCUT2D eigenvalue weighted by atomic mass is 9.82. The molecule has 0 saturated heterocycles. The number of rotatable bonds is 6. The van der Waals surface area contributed by atoms with Gasteiger partial charge in [0.1, 0.15) is 11.7 Å². The molecule has 1 aliphatic carbocycles. The highest BCUT2D eigenvalue weighted by Gasteiger charge is 2.32. The van der Waals surface area contributed by atoms with Gasteiger partial charge in [-0.2, -0.15) is 5.10 Å². The first-order valence-corrected chi connectivity index (χ1v) is 11.6. The van der Waals surface area contributed by atoms with Crippen LogP contribution in [0.2, 0.25) is 0 Å². The fourth-order valence-electron chi connectivity index (χ4n) is 3.42. The zero-order chi connectivity index (χ0) is 22.7. The number of nitrogens with one attached hydrogen (secondary N) is 2. The van der Waals surface area contributed by atoms with Gasteiger partial charge >= 0.3 is 0 Å². The standard InChI is InChI=1S/C23H20BrN5O2S/c1-13-5-3-4-6-16(13)11-25-27-19(30)12-32-23-26-22(28-29-23)20-14(2)9-15-7-8-17(24)10-18(15)21(20)31/h3-11,20H,12H2,1-2H3,(H,27,30)(H,26,28,29)/b25-11+. The van der Waals surface area contributed by atoms with E-state index in [1.807, 2.05) is 62.4 Å². The van der Waals surface area contributed by atoms with E-state index in [9.17, 15) is 9.59 Å². The monoisotopic (exact) mass is 509 g/mol. The lowest BCUT2D eigenvalue weighted by molar-refractivity contribution is -0.118. The van der Waals surface area contributed by atoms with Crippen LogP contribution in [0.5, 0.6) is 0 Å². The van der Waals surface area contributed by atoms with Crippen LogP contribution in [0.25, 0.3) is 6.08 Å². The number of aryl methyl sites for hydroxylation is 1. The van der Waals surface area contributed by atoms with Gasteiger partial charge in [-0.3, -0.25) is 14.7 Å². The number of benzene rings is 2. The number of fused-ring (bicyclic) bond motifs is 1. The SMILES string of the molecule is CC1=Cc2ccc(Br)cc2C(=O)C1c1nc(SCC(=O)N/N=C/c2ccccc2C)n[nH]1. The van der Waals surface area contributed by atoms with E-state index in [-0.39, 0.29) is 17.4 Å². The van der Waals surface area contributed by atoms with Crippen LogP contribution < -0.4 is 5.43 Å². The Kier molecular flexibility index (Phi) is 6.66. The topological polar surface area (TPSA) is 100 Å². The normalized spacial score (nSPS) is 15.5. The van der Waals surface area contributed by atoms with Crippen molar-refractivity contribution in [2.75, 3.05) is 5.75 Å². The summed E-state index contributed by atoms with van der Waals surface area (Å²) < 4.78 is 0.848. The number of carbonyl (C=O) groups excluding carboxylic acids is 2. The van der Waals surface area contributed by atoms with E-state index in [1.165, 1.54) is 11.8 Å². The van der Waals surface area contributed by atoms with Gasteiger partial charge in [-0.05, 0) is 42.7 Å². The summed E-state index contributed by atoms with van der Waals surface area (Å²) in [6.07, 6.45) is 3.60. The Balaban J connectivity index is 1.37. The van der Waals surface area contributed by atoms with Gasteiger partial charge in [0, 0.05) is 10.0 Å². The average Bonchev–Trinajstić information content (AvgIpc) is 3.23. The molecular formula is C23H20BrN5O2S. The second kappa shape index (κ2) is 9.62. The number of carbonyl (C=O) groups is 2. The van der Waals surface area contributed by atoms with Crippen molar-refractivity contribution in [3.63, 3.8) is 0 Å². The number of H-pyrrole nitrogens is 1. The molecule has 7 nitrogen and oxygen atoms in total. The number of aromatic amines is 1. The number of thioether (sulfide) groups is 1. The molecular weight excluding hydrogens is 490 g/mol. The first-order chi connectivity index (χ1) is 15.4.